The van der Waals surface area contributed by atoms with Crippen LogP contribution in [0.15, 0.2) is 12.1 Å². The number of carbonyl (C=O) groups excluding carboxylic acids is 1. The fourth-order valence-electron chi connectivity index (χ4n) is 1.21. The van der Waals surface area contributed by atoms with E-state index in [1.165, 1.54) is 13.0 Å². The molecule has 0 amide bonds. The van der Waals surface area contributed by atoms with Crippen LogP contribution in [-0.4, -0.2) is 19.2 Å². The molecule has 0 N–H and O–H groups in total. The van der Waals surface area contributed by atoms with Gasteiger partial charge < -0.3 is 9.47 Å². The Morgan fingerprint density at radius 2 is 2.17 bits per heavy atom. The van der Waals surface area contributed by atoms with Crippen LogP contribution in [0.4, 0.5) is 13.2 Å². The van der Waals surface area contributed by atoms with Crippen LogP contribution in [0.1, 0.15) is 22.8 Å². The molecule has 96 valence electrons. The Labute approximate surface area is 101 Å². The van der Waals surface area contributed by atoms with Crippen molar-refractivity contribution in [1.82, 2.24) is 0 Å². The standard InChI is InChI=1S/C11H8F3NO3/c1-2-17-10(16)6-3-8(12)7(5-15)9(4-6)18-11(13)14/h3-4,11H,2H2,1H3. The van der Waals surface area contributed by atoms with E-state index in [-0.39, 0.29) is 12.2 Å². The van der Waals surface area contributed by atoms with Gasteiger partial charge in [-0.25, -0.2) is 9.18 Å². The topological polar surface area (TPSA) is 59.3 Å². The number of nitrogens with zero attached hydrogens (tertiary/aromatic N) is 1. The number of halogens is 3. The lowest BCUT2D eigenvalue weighted by atomic mass is 10.1. The zero-order valence-electron chi connectivity index (χ0n) is 9.25. The van der Waals surface area contributed by atoms with Gasteiger partial charge in [-0.05, 0) is 19.1 Å². The van der Waals surface area contributed by atoms with E-state index in [4.69, 9.17) is 5.26 Å². The highest BCUT2D eigenvalue weighted by molar-refractivity contribution is 5.90. The monoisotopic (exact) mass is 259 g/mol. The molecule has 4 nitrogen and oxygen atoms in total. The number of carbonyl (C=O) groups is 1. The lowest BCUT2D eigenvalue weighted by molar-refractivity contribution is -0.0502. The molecule has 0 bridgehead atoms. The number of benzene rings is 1. The Morgan fingerprint density at radius 3 is 2.67 bits per heavy atom. The highest BCUT2D eigenvalue weighted by atomic mass is 19.3. The summed E-state index contributed by atoms with van der Waals surface area (Å²) in [5, 5.41) is 8.61. The summed E-state index contributed by atoms with van der Waals surface area (Å²) in [7, 11) is 0. The van der Waals surface area contributed by atoms with E-state index in [0.29, 0.717) is 0 Å². The van der Waals surface area contributed by atoms with Crippen molar-refractivity contribution < 1.29 is 27.4 Å². The van der Waals surface area contributed by atoms with Gasteiger partial charge in [0.05, 0.1) is 12.2 Å². The van der Waals surface area contributed by atoms with Gasteiger partial charge in [0.25, 0.3) is 0 Å². The molecule has 0 aliphatic carbocycles. The van der Waals surface area contributed by atoms with Crippen LogP contribution < -0.4 is 4.74 Å². The van der Waals surface area contributed by atoms with Crippen molar-refractivity contribution in [3.05, 3.63) is 29.1 Å². The molecule has 0 aromatic heterocycles. The first-order chi connectivity index (χ1) is 8.49. The van der Waals surface area contributed by atoms with Crippen molar-refractivity contribution in [1.29, 1.82) is 5.26 Å². The maximum absolute atomic E-state index is 13.4. The van der Waals surface area contributed by atoms with E-state index in [1.54, 1.807) is 0 Å². The number of alkyl halides is 2. The largest absolute Gasteiger partial charge is 0.462 e. The molecule has 0 spiro atoms. The molecule has 1 aromatic carbocycles. The summed E-state index contributed by atoms with van der Waals surface area (Å²) < 4.78 is 46.1. The van der Waals surface area contributed by atoms with Gasteiger partial charge in [-0.1, -0.05) is 0 Å². The number of nitriles is 1. The summed E-state index contributed by atoms with van der Waals surface area (Å²) in [5.74, 6) is -2.71. The number of ether oxygens (including phenoxy) is 2. The van der Waals surface area contributed by atoms with Crippen molar-refractivity contribution in [3.63, 3.8) is 0 Å². The van der Waals surface area contributed by atoms with Crippen LogP contribution in [0, 0.1) is 17.1 Å². The van der Waals surface area contributed by atoms with E-state index in [9.17, 15) is 18.0 Å². The molecule has 7 heteroatoms. The summed E-state index contributed by atoms with van der Waals surface area (Å²) in [6.45, 7) is -1.64. The molecule has 1 aromatic rings. The van der Waals surface area contributed by atoms with Gasteiger partial charge in [0.2, 0.25) is 0 Å². The van der Waals surface area contributed by atoms with E-state index in [0.717, 1.165) is 12.1 Å². The van der Waals surface area contributed by atoms with Crippen molar-refractivity contribution in [2.24, 2.45) is 0 Å². The highest BCUT2D eigenvalue weighted by Gasteiger charge is 2.19. The van der Waals surface area contributed by atoms with Crippen LogP contribution in [0.25, 0.3) is 0 Å². The van der Waals surface area contributed by atoms with Gasteiger partial charge in [0, 0.05) is 0 Å². The molecule has 0 aliphatic rings. The van der Waals surface area contributed by atoms with Crippen LogP contribution in [0.2, 0.25) is 0 Å². The fraction of sp³-hybridized carbons (Fsp3) is 0.273. The van der Waals surface area contributed by atoms with Crippen LogP contribution in [-0.2, 0) is 4.74 Å². The Hall–Kier alpha value is -2.23. The second kappa shape index (κ2) is 5.91. The third-order valence-corrected chi connectivity index (χ3v) is 1.89. The average Bonchev–Trinajstić information content (AvgIpc) is 2.28. The third-order valence-electron chi connectivity index (χ3n) is 1.89. The molecular weight excluding hydrogens is 251 g/mol. The first-order valence-electron chi connectivity index (χ1n) is 4.85. The van der Waals surface area contributed by atoms with Gasteiger partial charge in [0.1, 0.15) is 23.2 Å². The number of rotatable bonds is 4. The zero-order chi connectivity index (χ0) is 13.7. The minimum Gasteiger partial charge on any atom is -0.462 e. The van der Waals surface area contributed by atoms with Crippen LogP contribution in [0.3, 0.4) is 0 Å². The third kappa shape index (κ3) is 3.13. The summed E-state index contributed by atoms with van der Waals surface area (Å²) >= 11 is 0. The second-order valence-corrected chi connectivity index (χ2v) is 3.04. The van der Waals surface area contributed by atoms with Crippen molar-refractivity contribution in [2.45, 2.75) is 13.5 Å². The predicted octanol–water partition coefficient (Wildman–Crippen LogP) is 2.48. The average molecular weight is 259 g/mol. The molecule has 0 unspecified atom stereocenters. The zero-order valence-corrected chi connectivity index (χ0v) is 9.25. The molecule has 0 radical (unpaired) electrons. The van der Waals surface area contributed by atoms with E-state index >= 15 is 0 Å². The van der Waals surface area contributed by atoms with Crippen molar-refractivity contribution in [3.8, 4) is 11.8 Å². The van der Waals surface area contributed by atoms with Gasteiger partial charge in [-0.15, -0.1) is 0 Å². The van der Waals surface area contributed by atoms with E-state index < -0.39 is 29.7 Å². The summed E-state index contributed by atoms with van der Waals surface area (Å²) in [5.41, 5.74) is -0.993. The Balaban J connectivity index is 3.22. The fourth-order valence-corrected chi connectivity index (χ4v) is 1.21. The SMILES string of the molecule is CCOC(=O)c1cc(F)c(C#N)c(OC(F)F)c1. The van der Waals surface area contributed by atoms with Gasteiger partial charge >= 0.3 is 12.6 Å². The Kier molecular flexibility index (Phi) is 4.54. The first kappa shape index (κ1) is 13.8. The summed E-state index contributed by atoms with van der Waals surface area (Å²) in [6.07, 6.45) is 0. The number of esters is 1. The number of hydrogen-bond acceptors (Lipinski definition) is 4. The quantitative estimate of drug-likeness (QED) is 0.779. The molecule has 1 rings (SSSR count). The molecule has 0 atom stereocenters. The van der Waals surface area contributed by atoms with Gasteiger partial charge in [0.15, 0.2) is 0 Å². The van der Waals surface area contributed by atoms with Crippen LogP contribution >= 0.6 is 0 Å². The lowest BCUT2D eigenvalue weighted by Gasteiger charge is -2.09. The predicted molar refractivity (Wildman–Crippen MR) is 53.7 cm³/mol. The minimum atomic E-state index is -3.23. The molecular formula is C11H8F3NO3. The molecule has 18 heavy (non-hydrogen) atoms. The van der Waals surface area contributed by atoms with Crippen LogP contribution in [0.5, 0.6) is 5.75 Å². The van der Waals surface area contributed by atoms with Crippen molar-refractivity contribution in [2.75, 3.05) is 6.61 Å². The minimum absolute atomic E-state index is 0.0471. The maximum atomic E-state index is 13.4. The van der Waals surface area contributed by atoms with E-state index in [2.05, 4.69) is 9.47 Å². The normalized spacial score (nSPS) is 10.0. The van der Waals surface area contributed by atoms with Gasteiger partial charge in [-0.3, -0.25) is 0 Å². The van der Waals surface area contributed by atoms with Gasteiger partial charge in [-0.2, -0.15) is 14.0 Å². The maximum Gasteiger partial charge on any atom is 0.387 e. The highest BCUT2D eigenvalue weighted by Crippen LogP contribution is 2.25. The second-order valence-electron chi connectivity index (χ2n) is 3.04. The first-order valence-corrected chi connectivity index (χ1v) is 4.85. The summed E-state index contributed by atoms with van der Waals surface area (Å²) in [4.78, 5) is 11.3. The van der Waals surface area contributed by atoms with E-state index in [1.807, 2.05) is 0 Å². The smallest absolute Gasteiger partial charge is 0.387 e. The molecule has 0 saturated heterocycles. The molecule has 0 fully saturated rings. The van der Waals surface area contributed by atoms with Crippen molar-refractivity contribution >= 4 is 5.97 Å². The Bertz CT molecular complexity index is 497. The summed E-state index contributed by atoms with van der Waals surface area (Å²) in [6, 6.07) is 2.95. The molecule has 0 aliphatic heterocycles. The molecule has 0 heterocycles. The number of hydrogen-bond donors (Lipinski definition) is 0. The lowest BCUT2D eigenvalue weighted by Crippen LogP contribution is -2.09. The Morgan fingerprint density at radius 1 is 1.50 bits per heavy atom. The molecule has 0 saturated carbocycles.